The lowest BCUT2D eigenvalue weighted by atomic mass is 10.2. The summed E-state index contributed by atoms with van der Waals surface area (Å²) in [6.07, 6.45) is 7.81. The van der Waals surface area contributed by atoms with E-state index in [0.29, 0.717) is 0 Å². The lowest BCUT2D eigenvalue weighted by molar-refractivity contribution is 0.401. The average Bonchev–Trinajstić information content (AvgIpc) is 2.02. The van der Waals surface area contributed by atoms with Crippen LogP contribution in [-0.4, -0.2) is 24.5 Å². The van der Waals surface area contributed by atoms with Gasteiger partial charge in [-0.25, -0.2) is 0 Å². The topological polar surface area (TPSA) is 29.3 Å². The Labute approximate surface area is 81.4 Å². The van der Waals surface area contributed by atoms with Gasteiger partial charge in [-0.15, -0.1) is 0 Å². The van der Waals surface area contributed by atoms with Crippen molar-refractivity contribution in [2.45, 2.75) is 19.9 Å². The summed E-state index contributed by atoms with van der Waals surface area (Å²) in [5.74, 6) is 0. The number of nitrogens with two attached hydrogens (primary N) is 1. The van der Waals surface area contributed by atoms with E-state index in [1.165, 1.54) is 0 Å². The Morgan fingerprint density at radius 1 is 1.62 bits per heavy atom. The van der Waals surface area contributed by atoms with Crippen LogP contribution < -0.4 is 5.73 Å². The molecule has 0 aliphatic heterocycles. The number of hydrogen-bond acceptors (Lipinski definition) is 2. The van der Waals surface area contributed by atoms with E-state index >= 15 is 0 Å². The molecule has 0 spiro atoms. The maximum Gasteiger partial charge on any atom is 0.0360 e. The fourth-order valence-electron chi connectivity index (χ4n) is 1.14. The molecule has 13 heavy (non-hydrogen) atoms. The molecule has 2 heteroatoms. The zero-order valence-corrected chi connectivity index (χ0v) is 8.83. The second kappa shape index (κ2) is 6.49. The van der Waals surface area contributed by atoms with Gasteiger partial charge < -0.3 is 10.6 Å². The molecule has 0 aromatic heterocycles. The van der Waals surface area contributed by atoms with E-state index in [4.69, 9.17) is 5.73 Å². The minimum atomic E-state index is 0.184. The van der Waals surface area contributed by atoms with E-state index in [2.05, 4.69) is 11.5 Å². The summed E-state index contributed by atoms with van der Waals surface area (Å²) < 4.78 is 0. The van der Waals surface area contributed by atoms with E-state index in [1.807, 2.05) is 39.1 Å². The molecule has 0 aromatic carbocycles. The molecule has 0 bridgehead atoms. The molecule has 0 unspecified atom stereocenters. The third kappa shape index (κ3) is 5.26. The fraction of sp³-hybridized carbons (Fsp3) is 0.455. The fourth-order valence-corrected chi connectivity index (χ4v) is 1.14. The van der Waals surface area contributed by atoms with Gasteiger partial charge in [-0.3, -0.25) is 0 Å². The van der Waals surface area contributed by atoms with Crippen molar-refractivity contribution in [2.24, 2.45) is 5.73 Å². The molecule has 0 saturated carbocycles. The number of hydrogen-bond donors (Lipinski definition) is 1. The van der Waals surface area contributed by atoms with Gasteiger partial charge in [0.05, 0.1) is 0 Å². The predicted octanol–water partition coefficient (Wildman–Crippen LogP) is 1.91. The van der Waals surface area contributed by atoms with Crippen molar-refractivity contribution in [1.82, 2.24) is 4.90 Å². The maximum atomic E-state index is 5.70. The normalized spacial score (nSPS) is 14.6. The second-order valence-corrected chi connectivity index (χ2v) is 3.19. The molecule has 0 saturated heterocycles. The van der Waals surface area contributed by atoms with Crippen LogP contribution in [0.1, 0.15) is 13.8 Å². The Balaban J connectivity index is 4.37. The quantitative estimate of drug-likeness (QED) is 0.655. The van der Waals surface area contributed by atoms with Gasteiger partial charge in [-0.1, -0.05) is 18.7 Å². The van der Waals surface area contributed by atoms with E-state index in [1.54, 1.807) is 6.08 Å². The lowest BCUT2D eigenvalue weighted by Crippen LogP contribution is -2.31. The molecule has 0 fully saturated rings. The summed E-state index contributed by atoms with van der Waals surface area (Å²) in [4.78, 5) is 2.12. The van der Waals surface area contributed by atoms with Gasteiger partial charge in [0.1, 0.15) is 0 Å². The molecule has 0 aliphatic carbocycles. The summed E-state index contributed by atoms with van der Waals surface area (Å²) >= 11 is 0. The number of allylic oxidation sites excluding steroid dienone is 4. The monoisotopic (exact) mass is 180 g/mol. The highest BCUT2D eigenvalue weighted by atomic mass is 15.1. The van der Waals surface area contributed by atoms with E-state index < -0.39 is 0 Å². The van der Waals surface area contributed by atoms with Gasteiger partial charge in [0.15, 0.2) is 0 Å². The maximum absolute atomic E-state index is 5.70. The first kappa shape index (κ1) is 12.0. The summed E-state index contributed by atoms with van der Waals surface area (Å²) in [7, 11) is 2.03. The van der Waals surface area contributed by atoms with Crippen molar-refractivity contribution in [3.05, 3.63) is 36.6 Å². The molecule has 2 N–H and O–H groups in total. The van der Waals surface area contributed by atoms with Gasteiger partial charge in [0, 0.05) is 25.3 Å². The van der Waals surface area contributed by atoms with Crippen LogP contribution in [0.5, 0.6) is 0 Å². The number of likely N-dealkylation sites (N-methyl/N-ethyl adjacent to an activating group) is 1. The first-order valence-corrected chi connectivity index (χ1v) is 4.54. The zero-order chi connectivity index (χ0) is 10.3. The van der Waals surface area contributed by atoms with Crippen LogP contribution in [0.3, 0.4) is 0 Å². The molecular weight excluding hydrogens is 160 g/mol. The Morgan fingerprint density at radius 3 is 2.62 bits per heavy atom. The van der Waals surface area contributed by atoms with Crippen LogP contribution in [0.25, 0.3) is 0 Å². The Morgan fingerprint density at radius 2 is 2.23 bits per heavy atom. The summed E-state index contributed by atoms with van der Waals surface area (Å²) in [6, 6.07) is 0.184. The van der Waals surface area contributed by atoms with E-state index in [0.717, 1.165) is 12.2 Å². The first-order valence-electron chi connectivity index (χ1n) is 4.54. The molecule has 2 nitrogen and oxygen atoms in total. The average molecular weight is 180 g/mol. The highest BCUT2D eigenvalue weighted by molar-refractivity contribution is 5.21. The van der Waals surface area contributed by atoms with Gasteiger partial charge in [0.25, 0.3) is 0 Å². The minimum Gasteiger partial charge on any atom is -0.373 e. The molecule has 0 rings (SSSR count). The van der Waals surface area contributed by atoms with Gasteiger partial charge in [-0.2, -0.15) is 0 Å². The Kier molecular flexibility index (Phi) is 5.98. The summed E-state index contributed by atoms with van der Waals surface area (Å²) in [6.45, 7) is 8.52. The van der Waals surface area contributed by atoms with Crippen LogP contribution in [0.2, 0.25) is 0 Å². The van der Waals surface area contributed by atoms with Gasteiger partial charge in [0.2, 0.25) is 0 Å². The van der Waals surface area contributed by atoms with Crippen molar-refractivity contribution < 1.29 is 0 Å². The highest BCUT2D eigenvalue weighted by Gasteiger charge is 2.02. The molecule has 0 heterocycles. The molecular formula is C11H20N2. The van der Waals surface area contributed by atoms with Crippen molar-refractivity contribution in [2.75, 3.05) is 13.6 Å². The van der Waals surface area contributed by atoms with Crippen molar-refractivity contribution in [3.8, 4) is 0 Å². The van der Waals surface area contributed by atoms with E-state index in [-0.39, 0.29) is 6.04 Å². The molecule has 0 aliphatic rings. The Bertz CT molecular complexity index is 202. The largest absolute Gasteiger partial charge is 0.373 e. The Hall–Kier alpha value is -1.02. The highest BCUT2D eigenvalue weighted by Crippen LogP contribution is 2.04. The summed E-state index contributed by atoms with van der Waals surface area (Å²) in [5.41, 5.74) is 6.84. The predicted molar refractivity (Wildman–Crippen MR) is 59.4 cm³/mol. The van der Waals surface area contributed by atoms with Crippen LogP contribution in [0, 0.1) is 0 Å². The summed E-state index contributed by atoms with van der Waals surface area (Å²) in [5, 5.41) is 0. The van der Waals surface area contributed by atoms with Crippen LogP contribution in [-0.2, 0) is 0 Å². The van der Waals surface area contributed by atoms with Crippen molar-refractivity contribution >= 4 is 0 Å². The first-order chi connectivity index (χ1) is 6.11. The molecule has 0 aromatic rings. The van der Waals surface area contributed by atoms with Crippen LogP contribution in [0.4, 0.5) is 0 Å². The van der Waals surface area contributed by atoms with Crippen LogP contribution >= 0.6 is 0 Å². The minimum absolute atomic E-state index is 0.184. The zero-order valence-electron chi connectivity index (χ0n) is 8.83. The molecule has 1 atom stereocenters. The molecule has 74 valence electrons. The van der Waals surface area contributed by atoms with Crippen molar-refractivity contribution in [1.29, 1.82) is 0 Å². The molecule has 0 amide bonds. The van der Waals surface area contributed by atoms with E-state index in [9.17, 15) is 0 Å². The third-order valence-electron chi connectivity index (χ3n) is 1.63. The number of nitrogens with zero attached hydrogens (tertiary/aromatic N) is 1. The SMILES string of the molecule is C=C/C=C(\C=C/C)N(C)C[C@H](C)N. The lowest BCUT2D eigenvalue weighted by Gasteiger charge is -2.22. The molecule has 0 radical (unpaired) electrons. The van der Waals surface area contributed by atoms with Crippen molar-refractivity contribution in [3.63, 3.8) is 0 Å². The second-order valence-electron chi connectivity index (χ2n) is 3.19. The smallest absolute Gasteiger partial charge is 0.0360 e. The standard InChI is InChI=1S/C11H20N2/c1-5-7-11(8-6-2)13(4)9-10(3)12/h5-8,10H,1,9,12H2,2-4H3/b8-6-,11-7+/t10-/m0/s1. The third-order valence-corrected chi connectivity index (χ3v) is 1.63. The number of rotatable bonds is 5. The van der Waals surface area contributed by atoms with Crippen LogP contribution in [0.15, 0.2) is 36.6 Å². The van der Waals surface area contributed by atoms with Gasteiger partial charge in [-0.05, 0) is 26.0 Å². The van der Waals surface area contributed by atoms with Gasteiger partial charge >= 0.3 is 0 Å².